The summed E-state index contributed by atoms with van der Waals surface area (Å²) in [6.45, 7) is 15.6. The third-order valence-electron chi connectivity index (χ3n) is 10.8. The minimum atomic E-state index is -2.02. The first-order valence-electron chi connectivity index (χ1n) is 14.0. The van der Waals surface area contributed by atoms with Crippen LogP contribution in [0, 0.1) is 33.5 Å². The average molecular weight is 519 g/mol. The molecule has 0 radical (unpaired) electrons. The highest BCUT2D eigenvalue weighted by Gasteiger charge is 2.92. The van der Waals surface area contributed by atoms with Crippen molar-refractivity contribution in [3.8, 4) is 0 Å². The van der Waals surface area contributed by atoms with E-state index in [9.17, 15) is 9.90 Å². The molecule has 0 amide bonds. The predicted octanol–water partition coefficient (Wildman–Crippen LogP) is 6.26. The number of rotatable bonds is 6. The van der Waals surface area contributed by atoms with Crippen LogP contribution in [0.4, 0.5) is 0 Å². The number of allylic oxidation sites excluding steroid dienone is 4. The Labute approximate surface area is 226 Å². The molecule has 6 bridgehead atoms. The molecule has 1 aromatic carbocycles. The van der Waals surface area contributed by atoms with Gasteiger partial charge in [-0.2, -0.15) is 0 Å². The lowest BCUT2D eigenvalue weighted by Crippen LogP contribution is -2.80. The molecule has 1 heterocycles. The third-order valence-corrected chi connectivity index (χ3v) is 10.8. The van der Waals surface area contributed by atoms with Gasteiger partial charge in [-0.15, -0.1) is 0 Å². The summed E-state index contributed by atoms with van der Waals surface area (Å²) in [4.78, 5) is 45.3. The first-order chi connectivity index (χ1) is 17.6. The zero-order chi connectivity index (χ0) is 28.1. The molecule has 4 aliphatic carbocycles. The number of carbonyl (C=O) groups excluding carboxylic acids is 3. The third kappa shape index (κ3) is 2.87. The predicted molar refractivity (Wildman–Crippen MR) is 146 cm³/mol. The second-order valence-corrected chi connectivity index (χ2v) is 13.9. The fourth-order valence-corrected chi connectivity index (χ4v) is 8.84. The molecule has 6 rings (SSSR count). The quantitative estimate of drug-likeness (QED) is 0.273. The van der Waals surface area contributed by atoms with Crippen LogP contribution < -0.4 is 0 Å². The normalized spacial score (nSPS) is 39.6. The molecule has 5 aliphatic rings. The summed E-state index contributed by atoms with van der Waals surface area (Å²) in [5, 5.41) is 12.9. The van der Waals surface area contributed by atoms with Gasteiger partial charge in [0.2, 0.25) is 0 Å². The fourth-order valence-electron chi connectivity index (χ4n) is 8.84. The van der Waals surface area contributed by atoms with Crippen LogP contribution >= 0.6 is 0 Å². The summed E-state index contributed by atoms with van der Waals surface area (Å²) >= 11 is 0. The molecular weight excluding hydrogens is 476 g/mol. The zero-order valence-corrected chi connectivity index (χ0v) is 24.1. The Kier molecular flexibility index (Phi) is 5.78. The van der Waals surface area contributed by atoms with E-state index in [1.165, 1.54) is 0 Å². The monoisotopic (exact) mass is 518 g/mol. The van der Waals surface area contributed by atoms with Gasteiger partial charge in [0.1, 0.15) is 0 Å². The van der Waals surface area contributed by atoms with E-state index in [1.54, 1.807) is 24.3 Å². The maximum absolute atomic E-state index is 15.4. The average Bonchev–Trinajstić information content (AvgIpc) is 2.92. The molecule has 1 N–H and O–H groups in total. The summed E-state index contributed by atoms with van der Waals surface area (Å²) in [6.07, 6.45) is 5.42. The molecule has 204 valence electrons. The summed E-state index contributed by atoms with van der Waals surface area (Å²) in [7, 11) is 0. The van der Waals surface area contributed by atoms with Gasteiger partial charge in [-0.3, -0.25) is 14.4 Å². The van der Waals surface area contributed by atoms with Crippen LogP contribution in [-0.4, -0.2) is 33.8 Å². The van der Waals surface area contributed by atoms with Crippen LogP contribution in [-0.2, 0) is 14.3 Å². The van der Waals surface area contributed by atoms with Gasteiger partial charge < -0.3 is 9.84 Å². The number of ketones is 3. The summed E-state index contributed by atoms with van der Waals surface area (Å²) in [6, 6.07) is 8.76. The largest absolute Gasteiger partial charge is 0.364 e. The van der Waals surface area contributed by atoms with Crippen molar-refractivity contribution in [2.24, 2.45) is 33.5 Å². The minimum Gasteiger partial charge on any atom is -0.364 e. The Bertz CT molecular complexity index is 1280. The molecule has 6 atom stereocenters. The van der Waals surface area contributed by atoms with Crippen LogP contribution in [0.3, 0.4) is 0 Å². The minimum absolute atomic E-state index is 0.127. The molecule has 1 aromatic rings. The van der Waals surface area contributed by atoms with Gasteiger partial charge in [0.05, 0.1) is 16.4 Å². The molecule has 1 aliphatic heterocycles. The van der Waals surface area contributed by atoms with Gasteiger partial charge in [0.15, 0.2) is 28.6 Å². The molecule has 38 heavy (non-hydrogen) atoms. The van der Waals surface area contributed by atoms with Gasteiger partial charge in [-0.25, -0.2) is 0 Å². The smallest absolute Gasteiger partial charge is 0.192 e. The lowest BCUT2D eigenvalue weighted by Gasteiger charge is -2.65. The van der Waals surface area contributed by atoms with Crippen molar-refractivity contribution in [2.75, 3.05) is 0 Å². The highest BCUT2D eigenvalue weighted by atomic mass is 16.7. The van der Waals surface area contributed by atoms with Crippen molar-refractivity contribution >= 4 is 17.3 Å². The van der Waals surface area contributed by atoms with Crippen molar-refractivity contribution in [2.45, 2.75) is 92.5 Å². The number of aliphatic hydroxyl groups is 1. The zero-order valence-electron chi connectivity index (χ0n) is 24.1. The molecule has 4 saturated carbocycles. The van der Waals surface area contributed by atoms with Gasteiger partial charge in [0.25, 0.3) is 0 Å². The highest BCUT2D eigenvalue weighted by molar-refractivity contribution is 6.34. The molecule has 1 saturated heterocycles. The molecule has 5 fully saturated rings. The molecule has 5 nitrogen and oxygen atoms in total. The number of benzene rings is 1. The van der Waals surface area contributed by atoms with E-state index < -0.39 is 50.4 Å². The van der Waals surface area contributed by atoms with E-state index in [0.29, 0.717) is 18.4 Å². The van der Waals surface area contributed by atoms with Gasteiger partial charge >= 0.3 is 0 Å². The van der Waals surface area contributed by atoms with Crippen LogP contribution in [0.1, 0.15) is 91.4 Å². The SMILES string of the molecule is CC(C)=CCC12CC3CC4C(C)(C)OC1(O)C4(CC=C(C)C)C(=O)C(C(=O)c1ccccc1)(C2=O)C3(C)C. The van der Waals surface area contributed by atoms with Crippen LogP contribution in [0.2, 0.25) is 0 Å². The lowest BCUT2D eigenvalue weighted by molar-refractivity contribution is -0.324. The Balaban J connectivity index is 1.94. The van der Waals surface area contributed by atoms with E-state index in [0.717, 1.165) is 11.1 Å². The Morgan fingerprint density at radius 3 is 2.11 bits per heavy atom. The molecule has 6 unspecified atom stereocenters. The van der Waals surface area contributed by atoms with Crippen molar-refractivity contribution < 1.29 is 24.2 Å². The Hall–Kier alpha value is -2.37. The van der Waals surface area contributed by atoms with E-state index in [1.807, 2.05) is 73.6 Å². The molecule has 5 heteroatoms. The topological polar surface area (TPSA) is 80.7 Å². The van der Waals surface area contributed by atoms with Gasteiger partial charge in [-0.1, -0.05) is 67.5 Å². The summed E-state index contributed by atoms with van der Waals surface area (Å²) in [5.41, 5.74) is -4.16. The Morgan fingerprint density at radius 2 is 1.53 bits per heavy atom. The molecule has 0 aromatic heterocycles. The first-order valence-corrected chi connectivity index (χ1v) is 14.0. The van der Waals surface area contributed by atoms with E-state index in [-0.39, 0.29) is 24.7 Å². The Morgan fingerprint density at radius 1 is 0.947 bits per heavy atom. The van der Waals surface area contributed by atoms with Crippen LogP contribution in [0.15, 0.2) is 53.6 Å². The summed E-state index contributed by atoms with van der Waals surface area (Å²) < 4.78 is 6.63. The number of Topliss-reactive ketones (excluding diaryl/α,β-unsaturated/α-hetero) is 3. The van der Waals surface area contributed by atoms with Crippen LogP contribution in [0.25, 0.3) is 0 Å². The lowest BCUT2D eigenvalue weighted by atomic mass is 9.35. The van der Waals surface area contributed by atoms with Crippen molar-refractivity contribution in [3.05, 3.63) is 59.2 Å². The molecule has 0 spiro atoms. The van der Waals surface area contributed by atoms with Crippen molar-refractivity contribution in [1.29, 1.82) is 0 Å². The second-order valence-electron chi connectivity index (χ2n) is 13.9. The number of hydrogen-bond donors (Lipinski definition) is 1. The van der Waals surface area contributed by atoms with Crippen LogP contribution in [0.5, 0.6) is 0 Å². The number of carbonyl (C=O) groups is 3. The fraction of sp³-hybridized carbons (Fsp3) is 0.606. The number of ether oxygens (including phenoxy) is 1. The number of hydrogen-bond acceptors (Lipinski definition) is 5. The van der Waals surface area contributed by atoms with Crippen molar-refractivity contribution in [3.63, 3.8) is 0 Å². The highest BCUT2D eigenvalue weighted by Crippen LogP contribution is 2.80. The van der Waals surface area contributed by atoms with Crippen molar-refractivity contribution in [1.82, 2.24) is 0 Å². The van der Waals surface area contributed by atoms with E-state index in [4.69, 9.17) is 4.74 Å². The van der Waals surface area contributed by atoms with Gasteiger partial charge in [0, 0.05) is 11.5 Å². The first kappa shape index (κ1) is 27.2. The van der Waals surface area contributed by atoms with E-state index in [2.05, 4.69) is 0 Å². The molecular formula is C33H42O5. The second kappa shape index (κ2) is 8.08. The van der Waals surface area contributed by atoms with Gasteiger partial charge in [-0.05, 0) is 78.6 Å². The standard InChI is InChI=1S/C33H42O5/c1-20(2)14-16-30-19-23-18-24-29(7,8)38-33(30,37)31(24,17-15-21(3)4)27(36)32(26(30)35,28(23,5)6)25(34)22-12-10-9-11-13-22/h9-15,23-24,37H,16-19H2,1-8H3. The van der Waals surface area contributed by atoms with E-state index >= 15 is 9.59 Å². The summed E-state index contributed by atoms with van der Waals surface area (Å²) in [5.74, 6) is -3.84. The maximum Gasteiger partial charge on any atom is 0.192 e. The maximum atomic E-state index is 15.4.